The molecule has 1 atom stereocenters. The summed E-state index contributed by atoms with van der Waals surface area (Å²) < 4.78 is 16.7. The average Bonchev–Trinajstić information content (AvgIpc) is 3.29. The van der Waals surface area contributed by atoms with Crippen molar-refractivity contribution in [3.63, 3.8) is 0 Å². The summed E-state index contributed by atoms with van der Waals surface area (Å²) >= 11 is 0. The van der Waals surface area contributed by atoms with Crippen molar-refractivity contribution < 1.29 is 28.6 Å². The normalized spacial score (nSPS) is 13.0. The summed E-state index contributed by atoms with van der Waals surface area (Å²) in [5, 5.41) is 0. The van der Waals surface area contributed by atoms with Gasteiger partial charge in [0.15, 0.2) is 6.10 Å². The summed E-state index contributed by atoms with van der Waals surface area (Å²) in [6, 6.07) is 0. The van der Waals surface area contributed by atoms with Crippen LogP contribution in [-0.4, -0.2) is 37.2 Å². The molecule has 362 valence electrons. The highest BCUT2D eigenvalue weighted by atomic mass is 16.6. The average molecular weight is 887 g/mol. The number of esters is 3. The minimum absolute atomic E-state index is 0.0965. The lowest BCUT2D eigenvalue weighted by molar-refractivity contribution is -0.167. The van der Waals surface area contributed by atoms with E-state index in [0.717, 1.165) is 135 Å². The predicted molar refractivity (Wildman–Crippen MR) is 274 cm³/mol. The molecule has 0 aliphatic rings. The number of carbonyl (C=O) groups excluding carboxylic acids is 3. The molecule has 0 aliphatic carbocycles. The summed E-state index contributed by atoms with van der Waals surface area (Å²) in [4.78, 5) is 37.7. The Morgan fingerprint density at radius 3 is 1.00 bits per heavy atom. The van der Waals surface area contributed by atoms with Crippen molar-refractivity contribution in [2.75, 3.05) is 13.2 Å². The lowest BCUT2D eigenvalue weighted by Crippen LogP contribution is -2.30. The van der Waals surface area contributed by atoms with Gasteiger partial charge in [-0.2, -0.15) is 0 Å². The van der Waals surface area contributed by atoms with Crippen molar-refractivity contribution in [3.8, 4) is 0 Å². The molecule has 0 fully saturated rings. The van der Waals surface area contributed by atoms with Crippen molar-refractivity contribution in [3.05, 3.63) is 109 Å². The summed E-state index contributed by atoms with van der Waals surface area (Å²) in [6.45, 7) is 6.38. The van der Waals surface area contributed by atoms with E-state index in [0.29, 0.717) is 19.3 Å². The van der Waals surface area contributed by atoms with E-state index in [9.17, 15) is 14.4 Å². The molecule has 0 bridgehead atoms. The molecule has 0 saturated heterocycles. The highest BCUT2D eigenvalue weighted by molar-refractivity contribution is 5.71. The zero-order valence-electron chi connectivity index (χ0n) is 41.3. The van der Waals surface area contributed by atoms with Crippen LogP contribution in [0, 0.1) is 0 Å². The van der Waals surface area contributed by atoms with Gasteiger partial charge in [-0.3, -0.25) is 14.4 Å². The quantitative estimate of drug-likeness (QED) is 0.0262. The maximum Gasteiger partial charge on any atom is 0.306 e. The molecule has 0 aromatic heterocycles. The molecule has 6 nitrogen and oxygen atoms in total. The largest absolute Gasteiger partial charge is 0.462 e. The van der Waals surface area contributed by atoms with E-state index in [2.05, 4.69) is 130 Å². The second-order valence-corrected chi connectivity index (χ2v) is 16.7. The van der Waals surface area contributed by atoms with Gasteiger partial charge in [-0.25, -0.2) is 0 Å². The fourth-order valence-corrected chi connectivity index (χ4v) is 6.63. The molecule has 0 aliphatic heterocycles. The van der Waals surface area contributed by atoms with Crippen LogP contribution in [0.2, 0.25) is 0 Å². The first-order valence-electron chi connectivity index (χ1n) is 25.9. The van der Waals surface area contributed by atoms with E-state index in [1.807, 2.05) is 0 Å². The van der Waals surface area contributed by atoms with Gasteiger partial charge >= 0.3 is 17.9 Å². The van der Waals surface area contributed by atoms with Gasteiger partial charge in [0.25, 0.3) is 0 Å². The fourth-order valence-electron chi connectivity index (χ4n) is 6.63. The Balaban J connectivity index is 4.30. The summed E-state index contributed by atoms with van der Waals surface area (Å²) in [5.74, 6) is -0.961. The Morgan fingerprint density at radius 2 is 0.609 bits per heavy atom. The first-order chi connectivity index (χ1) is 31.5. The Kier molecular flexibility index (Phi) is 48.5. The van der Waals surface area contributed by atoms with Crippen LogP contribution in [0.5, 0.6) is 0 Å². The molecule has 0 saturated carbocycles. The van der Waals surface area contributed by atoms with Crippen molar-refractivity contribution in [2.45, 2.75) is 226 Å². The molecule has 6 heteroatoms. The monoisotopic (exact) mass is 887 g/mol. The van der Waals surface area contributed by atoms with Gasteiger partial charge in [0.2, 0.25) is 0 Å². The molecule has 1 unspecified atom stereocenters. The minimum Gasteiger partial charge on any atom is -0.462 e. The van der Waals surface area contributed by atoms with Gasteiger partial charge in [-0.1, -0.05) is 201 Å². The maximum absolute atomic E-state index is 12.7. The number of unbranched alkanes of at least 4 members (excludes halogenated alkanes) is 16. The summed E-state index contributed by atoms with van der Waals surface area (Å²) in [6.07, 6.45) is 69.5. The highest BCUT2D eigenvalue weighted by Crippen LogP contribution is 2.12. The molecular formula is C58H94O6. The van der Waals surface area contributed by atoms with Gasteiger partial charge in [0.05, 0.1) is 0 Å². The van der Waals surface area contributed by atoms with E-state index in [-0.39, 0.29) is 31.1 Å². The Morgan fingerprint density at radius 1 is 0.328 bits per heavy atom. The second-order valence-electron chi connectivity index (χ2n) is 16.7. The van der Waals surface area contributed by atoms with Crippen LogP contribution in [0.1, 0.15) is 220 Å². The lowest BCUT2D eigenvalue weighted by Gasteiger charge is -2.18. The van der Waals surface area contributed by atoms with Crippen LogP contribution >= 0.6 is 0 Å². The van der Waals surface area contributed by atoms with Gasteiger partial charge in [-0.05, 0) is 109 Å². The zero-order chi connectivity index (χ0) is 46.5. The molecule has 0 aromatic carbocycles. The molecule has 64 heavy (non-hydrogen) atoms. The molecular weight excluding hydrogens is 793 g/mol. The molecule has 0 spiro atoms. The Labute approximate surface area is 393 Å². The molecule has 0 aromatic rings. The smallest absolute Gasteiger partial charge is 0.306 e. The molecule has 0 N–H and O–H groups in total. The number of ether oxygens (including phenoxy) is 3. The maximum atomic E-state index is 12.7. The van der Waals surface area contributed by atoms with Crippen LogP contribution in [0.25, 0.3) is 0 Å². The van der Waals surface area contributed by atoms with Crippen LogP contribution in [0.15, 0.2) is 109 Å². The van der Waals surface area contributed by atoms with E-state index >= 15 is 0 Å². The molecule has 0 radical (unpaired) electrons. The Bertz CT molecular complexity index is 1340. The summed E-state index contributed by atoms with van der Waals surface area (Å²) in [7, 11) is 0. The number of hydrogen-bond acceptors (Lipinski definition) is 6. The van der Waals surface area contributed by atoms with Gasteiger partial charge in [0.1, 0.15) is 13.2 Å². The van der Waals surface area contributed by atoms with Gasteiger partial charge in [-0.15, -0.1) is 0 Å². The van der Waals surface area contributed by atoms with Crippen molar-refractivity contribution in [1.82, 2.24) is 0 Å². The van der Waals surface area contributed by atoms with Crippen molar-refractivity contribution in [2.24, 2.45) is 0 Å². The first-order valence-corrected chi connectivity index (χ1v) is 25.9. The van der Waals surface area contributed by atoms with Crippen molar-refractivity contribution >= 4 is 17.9 Å². The molecule has 0 amide bonds. The zero-order valence-corrected chi connectivity index (χ0v) is 41.3. The topological polar surface area (TPSA) is 78.9 Å². The number of rotatable bonds is 45. The predicted octanol–water partition coefficient (Wildman–Crippen LogP) is 17.1. The Hall–Kier alpha value is -3.93. The van der Waals surface area contributed by atoms with Crippen LogP contribution < -0.4 is 0 Å². The van der Waals surface area contributed by atoms with Crippen LogP contribution in [0.4, 0.5) is 0 Å². The second kappa shape index (κ2) is 51.7. The van der Waals surface area contributed by atoms with Crippen LogP contribution in [-0.2, 0) is 28.6 Å². The van der Waals surface area contributed by atoms with E-state index in [4.69, 9.17) is 14.2 Å². The number of allylic oxidation sites excluding steroid dienone is 18. The highest BCUT2D eigenvalue weighted by Gasteiger charge is 2.19. The van der Waals surface area contributed by atoms with Crippen molar-refractivity contribution in [1.29, 1.82) is 0 Å². The summed E-state index contributed by atoms with van der Waals surface area (Å²) in [5.41, 5.74) is 0. The molecule has 0 rings (SSSR count). The van der Waals surface area contributed by atoms with E-state index < -0.39 is 6.10 Å². The van der Waals surface area contributed by atoms with Gasteiger partial charge < -0.3 is 14.2 Å². The van der Waals surface area contributed by atoms with Crippen LogP contribution in [0.3, 0.4) is 0 Å². The van der Waals surface area contributed by atoms with Gasteiger partial charge in [0, 0.05) is 19.3 Å². The third-order valence-corrected chi connectivity index (χ3v) is 10.5. The number of hydrogen-bond donors (Lipinski definition) is 0. The number of carbonyl (C=O) groups is 3. The third-order valence-electron chi connectivity index (χ3n) is 10.5. The minimum atomic E-state index is -0.797. The third kappa shape index (κ3) is 49.1. The fraction of sp³-hybridized carbons (Fsp3) is 0.638. The molecule has 0 heterocycles. The SMILES string of the molecule is CC/C=C\C/C=C\C/C=C\C/C=C\C/C=C\C/C=C\C/C=C\CCCCCC(=O)OCC(COC(=O)CCCCCCCC)OC(=O)CCCCCCC/C=C\C/C=C\CCCCC. The standard InChI is InChI=1S/C58H94O6/c1-4-7-10-13-16-18-20-22-24-25-26-27-28-29-30-31-32-33-35-36-38-40-42-45-48-51-57(60)63-54-55(53-62-56(59)50-47-44-15-12-9-6-3)64-58(61)52-49-46-43-41-39-37-34-23-21-19-17-14-11-8-5-2/h7,10,16-19,22-24,26-27,29-30,32-34,36,38,55H,4-6,8-9,11-15,20-21,25,28,31,35,37,39-54H2,1-3H3/b10-7-,18-16-,19-17-,24-22-,27-26-,30-29-,33-32-,34-23-,38-36-. The first kappa shape index (κ1) is 60.1. The van der Waals surface area contributed by atoms with E-state index in [1.54, 1.807) is 0 Å². The van der Waals surface area contributed by atoms with E-state index in [1.165, 1.54) is 44.9 Å². The lowest BCUT2D eigenvalue weighted by atomic mass is 10.1.